The van der Waals surface area contributed by atoms with Gasteiger partial charge >= 0.3 is 0 Å². The van der Waals surface area contributed by atoms with Crippen molar-refractivity contribution in [2.45, 2.75) is 13.3 Å². The van der Waals surface area contributed by atoms with E-state index in [4.69, 9.17) is 10.4 Å². The molecule has 0 fully saturated rings. The molecule has 0 aliphatic heterocycles. The van der Waals surface area contributed by atoms with Crippen molar-refractivity contribution in [3.8, 4) is 6.07 Å². The van der Waals surface area contributed by atoms with E-state index in [1.165, 1.54) is 0 Å². The summed E-state index contributed by atoms with van der Waals surface area (Å²) in [4.78, 5) is 4.03. The number of anilines is 1. The number of aliphatic hydroxyl groups excluding tert-OH is 1. The molecule has 0 atom stereocenters. The van der Waals surface area contributed by atoms with E-state index >= 15 is 0 Å². The molecular weight excluding hydrogens is 178 g/mol. The highest BCUT2D eigenvalue weighted by atomic mass is 16.3. The minimum Gasteiger partial charge on any atom is -0.396 e. The molecule has 14 heavy (non-hydrogen) atoms. The lowest BCUT2D eigenvalue weighted by atomic mass is 10.2. The van der Waals surface area contributed by atoms with Crippen molar-refractivity contribution < 1.29 is 5.11 Å². The molecule has 0 aromatic carbocycles. The van der Waals surface area contributed by atoms with Gasteiger partial charge in [0.2, 0.25) is 0 Å². The van der Waals surface area contributed by atoms with Gasteiger partial charge in [0.25, 0.3) is 0 Å². The highest BCUT2D eigenvalue weighted by Crippen LogP contribution is 2.10. The van der Waals surface area contributed by atoms with E-state index in [1.807, 2.05) is 19.1 Å². The zero-order chi connectivity index (χ0) is 10.4. The number of hydrogen-bond acceptors (Lipinski definition) is 4. The van der Waals surface area contributed by atoms with Crippen LogP contribution in [-0.4, -0.2) is 23.2 Å². The molecule has 1 aromatic heterocycles. The summed E-state index contributed by atoms with van der Waals surface area (Å²) in [5.41, 5.74) is 2.11. The van der Waals surface area contributed by atoms with Gasteiger partial charge in [0.15, 0.2) is 0 Å². The molecule has 1 rings (SSSR count). The van der Waals surface area contributed by atoms with Crippen LogP contribution in [0.15, 0.2) is 12.1 Å². The first-order chi connectivity index (χ1) is 6.76. The predicted octanol–water partition coefficient (Wildman–Crippen LogP) is 1.06. The fourth-order valence-electron chi connectivity index (χ4n) is 1.14. The van der Waals surface area contributed by atoms with Crippen molar-refractivity contribution in [1.82, 2.24) is 4.98 Å². The fourth-order valence-corrected chi connectivity index (χ4v) is 1.14. The number of aromatic nitrogens is 1. The lowest BCUT2D eigenvalue weighted by Gasteiger charge is -2.05. The van der Waals surface area contributed by atoms with Crippen molar-refractivity contribution in [2.24, 2.45) is 0 Å². The number of hydrogen-bond donors (Lipinski definition) is 2. The van der Waals surface area contributed by atoms with E-state index in [1.54, 1.807) is 6.07 Å². The minimum absolute atomic E-state index is 0.169. The summed E-state index contributed by atoms with van der Waals surface area (Å²) in [5.74, 6) is 0. The Morgan fingerprint density at radius 1 is 1.57 bits per heavy atom. The van der Waals surface area contributed by atoms with Crippen LogP contribution in [0.1, 0.15) is 17.8 Å². The number of pyridine rings is 1. The summed E-state index contributed by atoms with van der Waals surface area (Å²) >= 11 is 0. The fraction of sp³-hybridized carbons (Fsp3) is 0.400. The van der Waals surface area contributed by atoms with Crippen molar-refractivity contribution in [1.29, 1.82) is 5.26 Å². The maximum Gasteiger partial charge on any atom is 0.142 e. The van der Waals surface area contributed by atoms with Gasteiger partial charge in [0, 0.05) is 24.5 Å². The van der Waals surface area contributed by atoms with Gasteiger partial charge in [-0.25, -0.2) is 4.98 Å². The Bertz CT molecular complexity index is 344. The van der Waals surface area contributed by atoms with E-state index in [9.17, 15) is 0 Å². The molecule has 74 valence electrons. The third kappa shape index (κ3) is 3.04. The van der Waals surface area contributed by atoms with Crippen LogP contribution < -0.4 is 5.32 Å². The number of nitriles is 1. The highest BCUT2D eigenvalue weighted by molar-refractivity contribution is 5.47. The molecule has 4 nitrogen and oxygen atoms in total. The first-order valence-electron chi connectivity index (χ1n) is 4.50. The average molecular weight is 191 g/mol. The Labute approximate surface area is 83.2 Å². The molecule has 4 heteroatoms. The lowest BCUT2D eigenvalue weighted by Crippen LogP contribution is -2.04. The summed E-state index contributed by atoms with van der Waals surface area (Å²) < 4.78 is 0. The summed E-state index contributed by atoms with van der Waals surface area (Å²) in [6.07, 6.45) is 0.698. The maximum atomic E-state index is 8.68. The summed E-state index contributed by atoms with van der Waals surface area (Å²) in [6, 6.07) is 5.57. The first kappa shape index (κ1) is 10.5. The van der Waals surface area contributed by atoms with Crippen LogP contribution in [0.25, 0.3) is 0 Å². The molecule has 1 aromatic rings. The van der Waals surface area contributed by atoms with Crippen LogP contribution in [0, 0.1) is 18.3 Å². The van der Waals surface area contributed by atoms with E-state index in [-0.39, 0.29) is 6.61 Å². The lowest BCUT2D eigenvalue weighted by molar-refractivity contribution is 0.292. The van der Waals surface area contributed by atoms with E-state index in [2.05, 4.69) is 10.3 Å². The van der Waals surface area contributed by atoms with Crippen LogP contribution in [0.3, 0.4) is 0 Å². The molecule has 1 heterocycles. The highest BCUT2D eigenvalue weighted by Gasteiger charge is 1.98. The second-order valence-electron chi connectivity index (χ2n) is 3.00. The molecule has 0 unspecified atom stereocenters. The molecule has 2 N–H and O–H groups in total. The minimum atomic E-state index is 0.169. The van der Waals surface area contributed by atoms with Crippen molar-refractivity contribution in [2.75, 3.05) is 18.5 Å². The number of aryl methyl sites for hydroxylation is 1. The second-order valence-corrected chi connectivity index (χ2v) is 3.00. The van der Waals surface area contributed by atoms with Crippen molar-refractivity contribution >= 4 is 5.69 Å². The zero-order valence-corrected chi connectivity index (χ0v) is 8.12. The first-order valence-corrected chi connectivity index (χ1v) is 4.50. The SMILES string of the molecule is Cc1cc(NCCCO)cc(C#N)n1. The van der Waals surface area contributed by atoms with Gasteiger partial charge < -0.3 is 10.4 Å². The zero-order valence-electron chi connectivity index (χ0n) is 8.12. The smallest absolute Gasteiger partial charge is 0.142 e. The van der Waals surface area contributed by atoms with Crippen LogP contribution in [0.5, 0.6) is 0 Å². The third-order valence-corrected chi connectivity index (χ3v) is 1.73. The Balaban J connectivity index is 2.68. The number of rotatable bonds is 4. The maximum absolute atomic E-state index is 8.68. The van der Waals surface area contributed by atoms with Crippen LogP contribution in [-0.2, 0) is 0 Å². The molecule has 0 aliphatic carbocycles. The molecule has 0 aliphatic rings. The van der Waals surface area contributed by atoms with Crippen molar-refractivity contribution in [3.63, 3.8) is 0 Å². The van der Waals surface area contributed by atoms with Gasteiger partial charge in [-0.1, -0.05) is 0 Å². The standard InChI is InChI=1S/C10H13N3O/c1-8-5-9(12-3-2-4-14)6-10(7-11)13-8/h5-6,14H,2-4H2,1H3,(H,12,13). The van der Waals surface area contributed by atoms with E-state index in [0.717, 1.165) is 11.4 Å². The number of nitrogens with one attached hydrogen (secondary N) is 1. The molecule has 0 saturated carbocycles. The van der Waals surface area contributed by atoms with E-state index in [0.29, 0.717) is 18.7 Å². The van der Waals surface area contributed by atoms with Crippen LogP contribution in [0.4, 0.5) is 5.69 Å². The molecule has 0 radical (unpaired) electrons. The van der Waals surface area contributed by atoms with Crippen molar-refractivity contribution in [3.05, 3.63) is 23.5 Å². The Kier molecular flexibility index (Phi) is 3.89. The summed E-state index contributed by atoms with van der Waals surface area (Å²) in [6.45, 7) is 2.71. The van der Waals surface area contributed by atoms with Gasteiger partial charge in [-0.2, -0.15) is 5.26 Å². The molecule has 0 spiro atoms. The largest absolute Gasteiger partial charge is 0.396 e. The number of aliphatic hydroxyl groups is 1. The Morgan fingerprint density at radius 2 is 2.36 bits per heavy atom. The summed E-state index contributed by atoms with van der Waals surface area (Å²) in [5, 5.41) is 20.4. The van der Waals surface area contributed by atoms with Crippen LogP contribution in [0.2, 0.25) is 0 Å². The van der Waals surface area contributed by atoms with Gasteiger partial charge in [-0.15, -0.1) is 0 Å². The van der Waals surface area contributed by atoms with E-state index < -0.39 is 0 Å². The molecule has 0 saturated heterocycles. The molecular formula is C10H13N3O. The monoisotopic (exact) mass is 191 g/mol. The van der Waals surface area contributed by atoms with Gasteiger partial charge in [-0.05, 0) is 25.5 Å². The molecule has 0 bridgehead atoms. The summed E-state index contributed by atoms with van der Waals surface area (Å²) in [7, 11) is 0. The Morgan fingerprint density at radius 3 is 3.00 bits per heavy atom. The quantitative estimate of drug-likeness (QED) is 0.698. The van der Waals surface area contributed by atoms with Gasteiger partial charge in [0.1, 0.15) is 11.8 Å². The molecule has 0 amide bonds. The second kappa shape index (κ2) is 5.20. The van der Waals surface area contributed by atoms with Crippen LogP contribution >= 0.6 is 0 Å². The van der Waals surface area contributed by atoms with Gasteiger partial charge in [0.05, 0.1) is 0 Å². The van der Waals surface area contributed by atoms with Gasteiger partial charge in [-0.3, -0.25) is 0 Å². The third-order valence-electron chi connectivity index (χ3n) is 1.73. The average Bonchev–Trinajstić information content (AvgIpc) is 2.17. The Hall–Kier alpha value is -1.60. The predicted molar refractivity (Wildman–Crippen MR) is 53.9 cm³/mol. The normalized spacial score (nSPS) is 9.50. The topological polar surface area (TPSA) is 68.9 Å². The number of nitrogens with zero attached hydrogens (tertiary/aromatic N) is 2.